The van der Waals surface area contributed by atoms with Crippen LogP contribution in [0, 0.1) is 0 Å². The van der Waals surface area contributed by atoms with Crippen LogP contribution in [0.3, 0.4) is 0 Å². The molecule has 0 heterocycles. The molecule has 0 amide bonds. The summed E-state index contributed by atoms with van der Waals surface area (Å²) in [7, 11) is 0. The topological polar surface area (TPSA) is 0 Å². The molecule has 314 valence electrons. The normalized spacial score (nSPS) is 11.8. The van der Waals surface area contributed by atoms with Crippen LogP contribution in [0.1, 0.15) is 0 Å². The van der Waals surface area contributed by atoms with Crippen molar-refractivity contribution in [3.05, 3.63) is 255 Å². The van der Waals surface area contributed by atoms with Gasteiger partial charge < -0.3 is 0 Å². The fourth-order valence-corrected chi connectivity index (χ4v) is 11.4. The van der Waals surface area contributed by atoms with Crippen molar-refractivity contribution in [2.75, 3.05) is 0 Å². The second-order valence-corrected chi connectivity index (χ2v) is 18.3. The minimum absolute atomic E-state index is 1.21. The van der Waals surface area contributed by atoms with Crippen molar-refractivity contribution >= 4 is 86.2 Å². The third kappa shape index (κ3) is 6.01. The Hall–Kier alpha value is -8.84. The lowest BCUT2D eigenvalue weighted by Crippen LogP contribution is -1.89. The first-order valence-corrected chi connectivity index (χ1v) is 23.7. The first kappa shape index (κ1) is 38.4. The first-order chi connectivity index (χ1) is 33.7. The van der Waals surface area contributed by atoms with Gasteiger partial charge in [0.1, 0.15) is 0 Å². The number of fused-ring (bicyclic) bond motifs is 16. The Kier molecular flexibility index (Phi) is 8.69. The van der Waals surface area contributed by atoms with Gasteiger partial charge in [0.2, 0.25) is 0 Å². The largest absolute Gasteiger partial charge is 0.0616 e. The fraction of sp³-hybridized carbons (Fsp3) is 0. The number of hydrogen-bond acceptors (Lipinski definition) is 0. The molecule has 0 aromatic heterocycles. The summed E-state index contributed by atoms with van der Waals surface area (Å²) in [4.78, 5) is 0. The van der Waals surface area contributed by atoms with Gasteiger partial charge in [0.05, 0.1) is 0 Å². The van der Waals surface area contributed by atoms with Gasteiger partial charge in [0.15, 0.2) is 0 Å². The lowest BCUT2D eigenvalue weighted by molar-refractivity contribution is 1.57. The van der Waals surface area contributed by atoms with E-state index in [1.54, 1.807) is 0 Å². The summed E-state index contributed by atoms with van der Waals surface area (Å²) in [5, 5.41) is 20.8. The molecule has 0 N–H and O–H groups in total. The summed E-state index contributed by atoms with van der Waals surface area (Å²) >= 11 is 0. The molecule has 0 saturated carbocycles. The summed E-state index contributed by atoms with van der Waals surface area (Å²) < 4.78 is 0. The lowest BCUT2D eigenvalue weighted by atomic mass is 9.87. The summed E-state index contributed by atoms with van der Waals surface area (Å²) in [6, 6.07) is 94.3. The van der Waals surface area contributed by atoms with Crippen molar-refractivity contribution in [1.29, 1.82) is 0 Å². The minimum atomic E-state index is 1.21. The van der Waals surface area contributed by atoms with E-state index in [9.17, 15) is 0 Å². The lowest BCUT2D eigenvalue weighted by Gasteiger charge is -2.16. The van der Waals surface area contributed by atoms with Crippen molar-refractivity contribution in [2.45, 2.75) is 0 Å². The van der Waals surface area contributed by atoms with E-state index in [-0.39, 0.29) is 0 Å². The second kappa shape index (κ2) is 15.4. The zero-order chi connectivity index (χ0) is 44.7. The van der Waals surface area contributed by atoms with Gasteiger partial charge in [-0.1, -0.05) is 243 Å². The molecule has 14 aromatic rings. The van der Waals surface area contributed by atoms with E-state index in [1.165, 1.54) is 142 Å². The zero-order valence-corrected chi connectivity index (χ0v) is 37.2. The highest BCUT2D eigenvalue weighted by Crippen LogP contribution is 2.45. The highest BCUT2D eigenvalue weighted by Gasteiger charge is 2.17. The van der Waals surface area contributed by atoms with E-state index in [1.807, 2.05) is 0 Å². The first-order valence-electron chi connectivity index (χ1n) is 23.7. The molecule has 0 unspecified atom stereocenters. The molecule has 0 aliphatic heterocycles. The summed E-state index contributed by atoms with van der Waals surface area (Å²) in [6.07, 6.45) is 0. The Morgan fingerprint density at radius 3 is 0.574 bits per heavy atom. The Morgan fingerprint density at radius 1 is 0.132 bits per heavy atom. The van der Waals surface area contributed by atoms with E-state index in [0.717, 1.165) is 0 Å². The molecule has 0 spiro atoms. The molecule has 0 atom stereocenters. The maximum absolute atomic E-state index is 2.42. The average Bonchev–Trinajstić information content (AvgIpc) is 3.42. The molecule has 0 aliphatic rings. The molecule has 0 nitrogen and oxygen atoms in total. The molecular weight excluding hydrogens is 817 g/mol. The fourth-order valence-electron chi connectivity index (χ4n) is 11.4. The van der Waals surface area contributed by atoms with Gasteiger partial charge in [0.25, 0.3) is 0 Å². The van der Waals surface area contributed by atoms with Crippen LogP contribution in [0.25, 0.3) is 142 Å². The van der Waals surface area contributed by atoms with E-state index in [4.69, 9.17) is 0 Å². The van der Waals surface area contributed by atoms with E-state index >= 15 is 0 Å². The molecule has 68 heavy (non-hydrogen) atoms. The van der Waals surface area contributed by atoms with Crippen LogP contribution in [0.2, 0.25) is 0 Å². The van der Waals surface area contributed by atoms with Crippen molar-refractivity contribution in [2.24, 2.45) is 0 Å². The molecule has 0 fully saturated rings. The Bertz CT molecular complexity index is 4030. The molecule has 0 heteroatoms. The van der Waals surface area contributed by atoms with Crippen LogP contribution in [0.15, 0.2) is 255 Å². The Morgan fingerprint density at radius 2 is 0.309 bits per heavy atom. The quantitative estimate of drug-likeness (QED) is 0.151. The second-order valence-electron chi connectivity index (χ2n) is 18.3. The van der Waals surface area contributed by atoms with Gasteiger partial charge >= 0.3 is 0 Å². The highest BCUT2D eigenvalue weighted by molar-refractivity contribution is 6.34. The Labute approximate surface area is 394 Å². The van der Waals surface area contributed by atoms with Gasteiger partial charge in [-0.2, -0.15) is 0 Å². The van der Waals surface area contributed by atoms with Gasteiger partial charge in [-0.3, -0.25) is 0 Å². The van der Waals surface area contributed by atoms with Crippen LogP contribution in [-0.4, -0.2) is 0 Å². The smallest absolute Gasteiger partial charge is 0.00199 e. The van der Waals surface area contributed by atoms with Crippen LogP contribution >= 0.6 is 0 Å². The van der Waals surface area contributed by atoms with Crippen LogP contribution < -0.4 is 0 Å². The van der Waals surface area contributed by atoms with Gasteiger partial charge in [0, 0.05) is 0 Å². The third-order valence-electron chi connectivity index (χ3n) is 14.7. The Balaban J connectivity index is 0.749. The predicted octanol–water partition coefficient (Wildman–Crippen LogP) is 19.2. The maximum Gasteiger partial charge on any atom is -0.00199 e. The SMILES string of the molecule is c1ccc2c(c1)c(-c1ccc(-c3ccc(-c4ccc(-c5ccc(-c6cc7c8ccccc8c8ccccc8c7c7ccccc67)cc5)cc4)cc3)cc1)cc1c3ccccc3c3ccccc3c21. The van der Waals surface area contributed by atoms with Crippen LogP contribution in [0.4, 0.5) is 0 Å². The van der Waals surface area contributed by atoms with Crippen molar-refractivity contribution in [3.8, 4) is 55.6 Å². The predicted molar refractivity (Wildman–Crippen MR) is 294 cm³/mol. The summed E-state index contributed by atoms with van der Waals surface area (Å²) in [6.45, 7) is 0. The number of hydrogen-bond donors (Lipinski definition) is 0. The van der Waals surface area contributed by atoms with E-state index in [0.29, 0.717) is 0 Å². The minimum Gasteiger partial charge on any atom is -0.0616 e. The van der Waals surface area contributed by atoms with Crippen LogP contribution in [0.5, 0.6) is 0 Å². The maximum atomic E-state index is 2.42. The van der Waals surface area contributed by atoms with Crippen molar-refractivity contribution in [1.82, 2.24) is 0 Å². The van der Waals surface area contributed by atoms with Crippen LogP contribution in [-0.2, 0) is 0 Å². The zero-order valence-electron chi connectivity index (χ0n) is 37.2. The molecule has 14 rings (SSSR count). The number of benzene rings is 14. The number of rotatable bonds is 5. The molecule has 14 aromatic carbocycles. The van der Waals surface area contributed by atoms with Gasteiger partial charge in [-0.25, -0.2) is 0 Å². The average molecular weight is 859 g/mol. The standard InChI is InChI=1S/C68H42/c1-3-17-55-51(13-1)53-15-5-9-21-59(53)67-61-23-11-7-19-57(61)63(41-65(55)67)49-37-33-47(34-38-49)45-29-25-43(26-30-45)44-27-31-46(32-28-44)48-35-39-50(40-36-48)64-42-66-56-18-4-2-14-52(56)54-16-6-10-22-60(54)68(66)62-24-12-8-20-58(62)64/h1-42H. The third-order valence-corrected chi connectivity index (χ3v) is 14.7. The highest BCUT2D eigenvalue weighted by atomic mass is 14.2. The molecule has 0 bridgehead atoms. The van der Waals surface area contributed by atoms with Gasteiger partial charge in [-0.15, -0.1) is 0 Å². The molecular formula is C68H42. The van der Waals surface area contributed by atoms with E-state index < -0.39 is 0 Å². The van der Waals surface area contributed by atoms with Crippen molar-refractivity contribution in [3.63, 3.8) is 0 Å². The van der Waals surface area contributed by atoms with Crippen molar-refractivity contribution < 1.29 is 0 Å². The van der Waals surface area contributed by atoms with E-state index in [2.05, 4.69) is 255 Å². The monoisotopic (exact) mass is 858 g/mol. The molecule has 0 radical (unpaired) electrons. The molecule has 0 aliphatic carbocycles. The molecule has 0 saturated heterocycles. The van der Waals surface area contributed by atoms with Gasteiger partial charge in [-0.05, 0) is 154 Å². The summed E-state index contributed by atoms with van der Waals surface area (Å²) in [5.41, 5.74) is 12.2. The summed E-state index contributed by atoms with van der Waals surface area (Å²) in [5.74, 6) is 0.